The molecule has 1 aliphatic heterocycles. The Bertz CT molecular complexity index is 985. The summed E-state index contributed by atoms with van der Waals surface area (Å²) in [6, 6.07) is 11.3. The van der Waals surface area contributed by atoms with Crippen LogP contribution in [0.15, 0.2) is 42.6 Å². The van der Waals surface area contributed by atoms with Gasteiger partial charge in [0.15, 0.2) is 0 Å². The third kappa shape index (κ3) is 4.77. The van der Waals surface area contributed by atoms with Gasteiger partial charge in [0.05, 0.1) is 11.6 Å². The van der Waals surface area contributed by atoms with Gasteiger partial charge in [-0.3, -0.25) is 4.98 Å². The molecule has 1 aliphatic rings. The first-order valence-corrected chi connectivity index (χ1v) is 9.64. The Balaban J connectivity index is 0.00000240. The Morgan fingerprint density at radius 3 is 2.90 bits per heavy atom. The summed E-state index contributed by atoms with van der Waals surface area (Å²) in [5.74, 6) is 0.158. The van der Waals surface area contributed by atoms with E-state index in [-0.39, 0.29) is 25.1 Å². The predicted molar refractivity (Wildman–Crippen MR) is 114 cm³/mol. The summed E-state index contributed by atoms with van der Waals surface area (Å²) in [4.78, 5) is 10.7. The van der Waals surface area contributed by atoms with Crippen LogP contribution in [0.5, 0.6) is 5.75 Å². The van der Waals surface area contributed by atoms with Crippen LogP contribution in [0.25, 0.3) is 10.9 Å². The van der Waals surface area contributed by atoms with E-state index < -0.39 is 5.95 Å². The van der Waals surface area contributed by atoms with Crippen molar-refractivity contribution in [3.05, 3.63) is 59.8 Å². The van der Waals surface area contributed by atoms with Crippen LogP contribution >= 0.6 is 12.4 Å². The maximum absolute atomic E-state index is 13.7. The largest absolute Gasteiger partial charge is 0.489 e. The number of hydrogen-bond acceptors (Lipinski definition) is 5. The van der Waals surface area contributed by atoms with Gasteiger partial charge in [0.2, 0.25) is 5.95 Å². The van der Waals surface area contributed by atoms with Crippen LogP contribution in [0.1, 0.15) is 24.6 Å². The monoisotopic (exact) mass is 417 g/mol. The number of pyridine rings is 2. The molecule has 4 rings (SSSR count). The quantitative estimate of drug-likeness (QED) is 0.544. The van der Waals surface area contributed by atoms with E-state index in [1.165, 1.54) is 11.9 Å². The third-order valence-corrected chi connectivity index (χ3v) is 5.01. The molecular formula is C22H25ClFN3O2. The van der Waals surface area contributed by atoms with Gasteiger partial charge in [-0.05, 0) is 50.6 Å². The molecule has 0 saturated carbocycles. The Hall–Kier alpha value is -2.44. The van der Waals surface area contributed by atoms with Crippen molar-refractivity contribution in [2.75, 3.05) is 24.6 Å². The summed E-state index contributed by atoms with van der Waals surface area (Å²) < 4.78 is 25.3. The van der Waals surface area contributed by atoms with Gasteiger partial charge in [-0.1, -0.05) is 0 Å². The number of benzene rings is 1. The number of rotatable bonds is 6. The van der Waals surface area contributed by atoms with Gasteiger partial charge in [-0.2, -0.15) is 4.39 Å². The van der Waals surface area contributed by atoms with Crippen molar-refractivity contribution in [1.82, 2.24) is 9.97 Å². The molecule has 0 N–H and O–H groups in total. The molecule has 1 saturated heterocycles. The van der Waals surface area contributed by atoms with Crippen molar-refractivity contribution in [2.45, 2.75) is 33.0 Å². The fraction of sp³-hybridized carbons (Fsp3) is 0.364. The third-order valence-electron chi connectivity index (χ3n) is 5.01. The minimum Gasteiger partial charge on any atom is -0.489 e. The molecule has 1 aromatic carbocycles. The van der Waals surface area contributed by atoms with Gasteiger partial charge in [0, 0.05) is 54.3 Å². The lowest BCUT2D eigenvalue weighted by atomic mass is 10.1. The molecule has 1 atom stereocenters. The smallest absolute Gasteiger partial charge is 0.219 e. The Kier molecular flexibility index (Phi) is 6.87. The SMILES string of the molecule is CCOC1CCN(c2cc(C)nc3cc(OCc4cccnc4F)ccc23)C1.Cl. The highest BCUT2D eigenvalue weighted by Gasteiger charge is 2.24. The molecule has 7 heteroatoms. The van der Waals surface area contributed by atoms with Crippen molar-refractivity contribution in [2.24, 2.45) is 0 Å². The molecule has 3 heterocycles. The number of ether oxygens (including phenoxy) is 2. The number of aryl methyl sites for hydroxylation is 1. The number of aromatic nitrogens is 2. The first-order chi connectivity index (χ1) is 13.6. The summed E-state index contributed by atoms with van der Waals surface area (Å²) in [6.07, 6.45) is 2.75. The zero-order valence-corrected chi connectivity index (χ0v) is 17.4. The van der Waals surface area contributed by atoms with Crippen molar-refractivity contribution in [3.63, 3.8) is 0 Å². The summed E-state index contributed by atoms with van der Waals surface area (Å²) in [5.41, 5.74) is 3.44. The van der Waals surface area contributed by atoms with Crippen LogP contribution in [-0.4, -0.2) is 35.8 Å². The molecule has 1 unspecified atom stereocenters. The lowest BCUT2D eigenvalue weighted by Crippen LogP contribution is -2.23. The van der Waals surface area contributed by atoms with Gasteiger partial charge < -0.3 is 14.4 Å². The Labute approximate surface area is 176 Å². The summed E-state index contributed by atoms with van der Waals surface area (Å²) in [7, 11) is 0. The minimum absolute atomic E-state index is 0. The lowest BCUT2D eigenvalue weighted by Gasteiger charge is -2.21. The van der Waals surface area contributed by atoms with E-state index in [9.17, 15) is 4.39 Å². The predicted octanol–water partition coefficient (Wildman–Crippen LogP) is 4.69. The second-order valence-corrected chi connectivity index (χ2v) is 7.02. The molecule has 0 spiro atoms. The molecule has 3 aromatic rings. The summed E-state index contributed by atoms with van der Waals surface area (Å²) in [6.45, 7) is 6.77. The van der Waals surface area contributed by atoms with Crippen LogP contribution in [0, 0.1) is 12.9 Å². The maximum Gasteiger partial charge on any atom is 0.219 e. The van der Waals surface area contributed by atoms with E-state index in [1.54, 1.807) is 12.1 Å². The van der Waals surface area contributed by atoms with E-state index in [1.807, 2.05) is 32.0 Å². The molecule has 29 heavy (non-hydrogen) atoms. The fourth-order valence-corrected chi connectivity index (χ4v) is 3.68. The van der Waals surface area contributed by atoms with Gasteiger partial charge in [-0.15, -0.1) is 12.4 Å². The van der Waals surface area contributed by atoms with E-state index >= 15 is 0 Å². The molecule has 2 aromatic heterocycles. The number of anilines is 1. The zero-order valence-electron chi connectivity index (χ0n) is 16.6. The standard InChI is InChI=1S/C22H24FN3O2.ClH/c1-3-27-18-8-10-26(13-18)21-11-15(2)25-20-12-17(6-7-19(20)21)28-14-16-5-4-9-24-22(16)23;/h4-7,9,11-12,18H,3,8,10,13-14H2,1-2H3;1H. The highest BCUT2D eigenvalue weighted by atomic mass is 35.5. The van der Waals surface area contributed by atoms with Gasteiger partial charge in [0.25, 0.3) is 0 Å². The average Bonchev–Trinajstić information content (AvgIpc) is 3.15. The first kappa shape index (κ1) is 21.3. The van der Waals surface area contributed by atoms with Crippen LogP contribution in [0.2, 0.25) is 0 Å². The molecule has 5 nitrogen and oxygen atoms in total. The van der Waals surface area contributed by atoms with Crippen molar-refractivity contribution in [3.8, 4) is 5.75 Å². The Morgan fingerprint density at radius 1 is 1.24 bits per heavy atom. The topological polar surface area (TPSA) is 47.5 Å². The molecular weight excluding hydrogens is 393 g/mol. The number of halogens is 2. The second-order valence-electron chi connectivity index (χ2n) is 7.02. The molecule has 0 aliphatic carbocycles. The van der Waals surface area contributed by atoms with Gasteiger partial charge in [0.1, 0.15) is 12.4 Å². The van der Waals surface area contributed by atoms with Gasteiger partial charge >= 0.3 is 0 Å². The van der Waals surface area contributed by atoms with E-state index in [0.717, 1.165) is 42.7 Å². The fourth-order valence-electron chi connectivity index (χ4n) is 3.68. The van der Waals surface area contributed by atoms with E-state index in [2.05, 4.69) is 20.9 Å². The summed E-state index contributed by atoms with van der Waals surface area (Å²) in [5, 5.41) is 1.09. The molecule has 1 fully saturated rings. The van der Waals surface area contributed by atoms with Crippen molar-refractivity contribution >= 4 is 29.0 Å². The Morgan fingerprint density at radius 2 is 2.10 bits per heavy atom. The van der Waals surface area contributed by atoms with Gasteiger partial charge in [-0.25, -0.2) is 4.98 Å². The van der Waals surface area contributed by atoms with E-state index in [0.29, 0.717) is 11.3 Å². The molecule has 0 amide bonds. The van der Waals surface area contributed by atoms with Crippen molar-refractivity contribution < 1.29 is 13.9 Å². The highest BCUT2D eigenvalue weighted by molar-refractivity contribution is 5.93. The average molecular weight is 418 g/mol. The van der Waals surface area contributed by atoms with Crippen LogP contribution in [-0.2, 0) is 11.3 Å². The second kappa shape index (κ2) is 9.37. The minimum atomic E-state index is -0.502. The summed E-state index contributed by atoms with van der Waals surface area (Å²) >= 11 is 0. The molecule has 0 bridgehead atoms. The normalized spacial score (nSPS) is 16.1. The first-order valence-electron chi connectivity index (χ1n) is 9.64. The zero-order chi connectivity index (χ0) is 19.5. The number of nitrogens with zero attached hydrogens (tertiary/aromatic N) is 3. The van der Waals surface area contributed by atoms with Crippen LogP contribution in [0.4, 0.5) is 10.1 Å². The molecule has 154 valence electrons. The number of hydrogen-bond donors (Lipinski definition) is 0. The number of fused-ring (bicyclic) bond motifs is 1. The molecule has 0 radical (unpaired) electrons. The van der Waals surface area contributed by atoms with Crippen LogP contribution < -0.4 is 9.64 Å². The van der Waals surface area contributed by atoms with Crippen LogP contribution in [0.3, 0.4) is 0 Å². The highest BCUT2D eigenvalue weighted by Crippen LogP contribution is 2.32. The lowest BCUT2D eigenvalue weighted by molar-refractivity contribution is 0.0788. The van der Waals surface area contributed by atoms with Crippen molar-refractivity contribution in [1.29, 1.82) is 0 Å². The van der Waals surface area contributed by atoms with E-state index in [4.69, 9.17) is 9.47 Å². The maximum atomic E-state index is 13.7.